The van der Waals surface area contributed by atoms with Gasteiger partial charge in [-0.05, 0) is 30.9 Å². The quantitative estimate of drug-likeness (QED) is 0.747. The Bertz CT molecular complexity index is 531. The Kier molecular flexibility index (Phi) is 5.93. The van der Waals surface area contributed by atoms with Crippen LogP contribution in [0.15, 0.2) is 28.8 Å². The third-order valence-electron chi connectivity index (χ3n) is 3.65. The molecule has 1 aromatic carbocycles. The molecule has 4 heteroatoms. The molecular weight excluding hydrogens is 262 g/mol. The third kappa shape index (κ3) is 4.67. The number of aromatic nitrogens is 2. The van der Waals surface area contributed by atoms with Crippen LogP contribution in [0.1, 0.15) is 56.9 Å². The highest BCUT2D eigenvalue weighted by Crippen LogP contribution is 2.20. The van der Waals surface area contributed by atoms with Gasteiger partial charge in [0, 0.05) is 12.0 Å². The standard InChI is InChI=1S/C17H25N3O/c1-13(2)14-8-10-15(11-9-14)17-19-16(21-20-17)7-5-3-4-6-12-18/h8-11,13H,3-7,12,18H2,1-2H3. The summed E-state index contributed by atoms with van der Waals surface area (Å²) in [6.45, 7) is 5.15. The lowest BCUT2D eigenvalue weighted by atomic mass is 10.0. The number of nitrogens with zero attached hydrogens (tertiary/aromatic N) is 2. The van der Waals surface area contributed by atoms with Crippen molar-refractivity contribution < 1.29 is 4.52 Å². The van der Waals surface area contributed by atoms with Crippen molar-refractivity contribution in [1.29, 1.82) is 0 Å². The Hall–Kier alpha value is -1.68. The topological polar surface area (TPSA) is 64.9 Å². The van der Waals surface area contributed by atoms with Crippen LogP contribution in [-0.2, 0) is 6.42 Å². The van der Waals surface area contributed by atoms with E-state index in [4.69, 9.17) is 10.3 Å². The number of rotatable bonds is 8. The number of hydrogen-bond acceptors (Lipinski definition) is 4. The summed E-state index contributed by atoms with van der Waals surface area (Å²) in [7, 11) is 0. The first-order valence-corrected chi connectivity index (χ1v) is 7.83. The van der Waals surface area contributed by atoms with Crippen LogP contribution in [0, 0.1) is 0 Å². The molecule has 0 spiro atoms. The monoisotopic (exact) mass is 287 g/mol. The van der Waals surface area contributed by atoms with E-state index >= 15 is 0 Å². The summed E-state index contributed by atoms with van der Waals surface area (Å²) < 4.78 is 5.32. The molecule has 114 valence electrons. The van der Waals surface area contributed by atoms with Gasteiger partial charge in [0.2, 0.25) is 11.7 Å². The average Bonchev–Trinajstić information content (AvgIpc) is 2.96. The molecule has 0 saturated heterocycles. The third-order valence-corrected chi connectivity index (χ3v) is 3.65. The lowest BCUT2D eigenvalue weighted by Crippen LogP contribution is -1.97. The smallest absolute Gasteiger partial charge is 0.226 e. The minimum absolute atomic E-state index is 0.536. The van der Waals surface area contributed by atoms with Gasteiger partial charge < -0.3 is 10.3 Å². The number of nitrogens with two attached hydrogens (primary N) is 1. The second-order valence-corrected chi connectivity index (χ2v) is 5.74. The second-order valence-electron chi connectivity index (χ2n) is 5.74. The maximum atomic E-state index is 5.48. The molecule has 0 unspecified atom stereocenters. The minimum atomic E-state index is 0.536. The van der Waals surface area contributed by atoms with Crippen LogP contribution in [-0.4, -0.2) is 16.7 Å². The molecule has 2 rings (SSSR count). The van der Waals surface area contributed by atoms with Crippen molar-refractivity contribution in [1.82, 2.24) is 10.1 Å². The zero-order valence-electron chi connectivity index (χ0n) is 13.0. The second kappa shape index (κ2) is 7.93. The fraction of sp³-hybridized carbons (Fsp3) is 0.529. The molecule has 0 saturated carbocycles. The molecule has 0 aliphatic rings. The molecule has 2 N–H and O–H groups in total. The molecule has 0 aliphatic heterocycles. The van der Waals surface area contributed by atoms with E-state index in [1.54, 1.807) is 0 Å². The summed E-state index contributed by atoms with van der Waals surface area (Å²) in [4.78, 5) is 4.47. The van der Waals surface area contributed by atoms with Crippen molar-refractivity contribution in [3.05, 3.63) is 35.7 Å². The molecule has 4 nitrogen and oxygen atoms in total. The van der Waals surface area contributed by atoms with Crippen LogP contribution < -0.4 is 5.73 Å². The summed E-state index contributed by atoms with van der Waals surface area (Å²) in [5, 5.41) is 4.07. The first-order valence-electron chi connectivity index (χ1n) is 7.83. The maximum absolute atomic E-state index is 5.48. The van der Waals surface area contributed by atoms with E-state index in [0.29, 0.717) is 11.7 Å². The molecule has 0 amide bonds. The van der Waals surface area contributed by atoms with E-state index in [0.717, 1.165) is 43.7 Å². The summed E-state index contributed by atoms with van der Waals surface area (Å²) in [5.74, 6) is 1.95. The van der Waals surface area contributed by atoms with Crippen LogP contribution in [0.2, 0.25) is 0 Å². The van der Waals surface area contributed by atoms with Gasteiger partial charge in [0.1, 0.15) is 0 Å². The highest BCUT2D eigenvalue weighted by atomic mass is 16.5. The van der Waals surface area contributed by atoms with Crippen molar-refractivity contribution in [2.24, 2.45) is 5.73 Å². The van der Waals surface area contributed by atoms with Gasteiger partial charge in [-0.2, -0.15) is 4.98 Å². The highest BCUT2D eigenvalue weighted by molar-refractivity contribution is 5.54. The van der Waals surface area contributed by atoms with E-state index in [2.05, 4.69) is 48.3 Å². The highest BCUT2D eigenvalue weighted by Gasteiger charge is 2.09. The fourth-order valence-electron chi connectivity index (χ4n) is 2.26. The number of benzene rings is 1. The summed E-state index contributed by atoms with van der Waals surface area (Å²) in [6.07, 6.45) is 5.36. The van der Waals surface area contributed by atoms with Crippen LogP contribution in [0.5, 0.6) is 0 Å². The van der Waals surface area contributed by atoms with Gasteiger partial charge in [-0.15, -0.1) is 0 Å². The fourth-order valence-corrected chi connectivity index (χ4v) is 2.26. The first kappa shape index (κ1) is 15.7. The van der Waals surface area contributed by atoms with Crippen molar-refractivity contribution >= 4 is 0 Å². The van der Waals surface area contributed by atoms with Crippen LogP contribution in [0.3, 0.4) is 0 Å². The number of unbranched alkanes of at least 4 members (excludes halogenated alkanes) is 3. The zero-order valence-corrected chi connectivity index (χ0v) is 13.0. The molecule has 0 aliphatic carbocycles. The lowest BCUT2D eigenvalue weighted by Gasteiger charge is -2.04. The predicted octanol–water partition coefficient (Wildman–Crippen LogP) is 3.92. The van der Waals surface area contributed by atoms with Crippen molar-refractivity contribution in [3.63, 3.8) is 0 Å². The molecule has 0 bridgehead atoms. The van der Waals surface area contributed by atoms with Crippen LogP contribution in [0.4, 0.5) is 0 Å². The summed E-state index contributed by atoms with van der Waals surface area (Å²) in [6, 6.07) is 8.38. The molecule has 0 fully saturated rings. The average molecular weight is 287 g/mol. The van der Waals surface area contributed by atoms with E-state index in [1.165, 1.54) is 12.0 Å². The molecular formula is C17H25N3O. The number of hydrogen-bond donors (Lipinski definition) is 1. The summed E-state index contributed by atoms with van der Waals surface area (Å²) in [5.41, 5.74) is 7.81. The Morgan fingerprint density at radius 1 is 1.05 bits per heavy atom. The molecule has 1 heterocycles. The maximum Gasteiger partial charge on any atom is 0.226 e. The van der Waals surface area contributed by atoms with Gasteiger partial charge in [0.25, 0.3) is 0 Å². The Balaban J connectivity index is 1.90. The van der Waals surface area contributed by atoms with Crippen LogP contribution >= 0.6 is 0 Å². The lowest BCUT2D eigenvalue weighted by molar-refractivity contribution is 0.374. The van der Waals surface area contributed by atoms with Crippen molar-refractivity contribution in [2.45, 2.75) is 51.9 Å². The van der Waals surface area contributed by atoms with E-state index in [1.807, 2.05) is 0 Å². The normalized spacial score (nSPS) is 11.2. The molecule has 2 aromatic rings. The largest absolute Gasteiger partial charge is 0.339 e. The van der Waals surface area contributed by atoms with Gasteiger partial charge in [-0.25, -0.2) is 0 Å². The summed E-state index contributed by atoms with van der Waals surface area (Å²) >= 11 is 0. The molecule has 0 radical (unpaired) electrons. The molecule has 21 heavy (non-hydrogen) atoms. The van der Waals surface area contributed by atoms with Crippen LogP contribution in [0.25, 0.3) is 11.4 Å². The van der Waals surface area contributed by atoms with Gasteiger partial charge in [-0.3, -0.25) is 0 Å². The van der Waals surface area contributed by atoms with E-state index in [9.17, 15) is 0 Å². The minimum Gasteiger partial charge on any atom is -0.339 e. The van der Waals surface area contributed by atoms with Crippen molar-refractivity contribution in [2.75, 3.05) is 6.54 Å². The van der Waals surface area contributed by atoms with Gasteiger partial charge >= 0.3 is 0 Å². The Morgan fingerprint density at radius 2 is 1.76 bits per heavy atom. The van der Waals surface area contributed by atoms with Gasteiger partial charge in [0.15, 0.2) is 0 Å². The molecule has 0 atom stereocenters. The van der Waals surface area contributed by atoms with Gasteiger partial charge in [-0.1, -0.05) is 56.1 Å². The Morgan fingerprint density at radius 3 is 2.43 bits per heavy atom. The first-order chi connectivity index (χ1) is 10.2. The van der Waals surface area contributed by atoms with Gasteiger partial charge in [0.05, 0.1) is 0 Å². The predicted molar refractivity (Wildman–Crippen MR) is 85.0 cm³/mol. The SMILES string of the molecule is CC(C)c1ccc(-c2noc(CCCCCCN)n2)cc1. The number of aryl methyl sites for hydroxylation is 1. The zero-order chi connectivity index (χ0) is 15.1. The Labute approximate surface area is 126 Å². The van der Waals surface area contributed by atoms with E-state index in [-0.39, 0.29) is 0 Å². The molecule has 1 aromatic heterocycles. The van der Waals surface area contributed by atoms with Crippen molar-refractivity contribution in [3.8, 4) is 11.4 Å². The van der Waals surface area contributed by atoms with E-state index < -0.39 is 0 Å².